The lowest BCUT2D eigenvalue weighted by Crippen LogP contribution is -2.19. The van der Waals surface area contributed by atoms with E-state index in [9.17, 15) is 9.59 Å². The van der Waals surface area contributed by atoms with Crippen LogP contribution < -0.4 is 0 Å². The van der Waals surface area contributed by atoms with Crippen molar-refractivity contribution in [2.24, 2.45) is 11.8 Å². The molecule has 0 bridgehead atoms. The predicted molar refractivity (Wildman–Crippen MR) is 149 cm³/mol. The first-order chi connectivity index (χ1) is 17.9. The van der Waals surface area contributed by atoms with Gasteiger partial charge in [-0.05, 0) is 35.8 Å². The minimum absolute atomic E-state index is 0.0526. The maximum atomic E-state index is 12.7. The molecule has 2 aromatic carbocycles. The van der Waals surface area contributed by atoms with Crippen molar-refractivity contribution in [2.45, 2.75) is 65.2 Å². The Morgan fingerprint density at radius 3 is 1.19 bits per heavy atom. The van der Waals surface area contributed by atoms with Gasteiger partial charge in [0.2, 0.25) is 0 Å². The minimum Gasteiger partial charge on any atom is -0.379 e. The summed E-state index contributed by atoms with van der Waals surface area (Å²) >= 11 is 0. The molecule has 0 aliphatic carbocycles. The van der Waals surface area contributed by atoms with Crippen molar-refractivity contribution in [1.29, 1.82) is 0 Å². The maximum Gasteiger partial charge on any atom is 0.140 e. The van der Waals surface area contributed by atoms with Crippen LogP contribution in [0.25, 0.3) is 0 Å². The van der Waals surface area contributed by atoms with Gasteiger partial charge in [-0.25, -0.2) is 0 Å². The first-order valence-electron chi connectivity index (χ1n) is 13.8. The van der Waals surface area contributed by atoms with E-state index in [1.807, 2.05) is 60.7 Å². The van der Waals surface area contributed by atoms with Crippen LogP contribution in [0.2, 0.25) is 0 Å². The molecule has 0 fully saturated rings. The summed E-state index contributed by atoms with van der Waals surface area (Å²) in [6.45, 7) is 11.5. The van der Waals surface area contributed by atoms with Crippen molar-refractivity contribution in [2.75, 3.05) is 39.6 Å². The summed E-state index contributed by atoms with van der Waals surface area (Å²) in [7, 11) is 0. The van der Waals surface area contributed by atoms with Gasteiger partial charge >= 0.3 is 0 Å². The van der Waals surface area contributed by atoms with E-state index in [0.29, 0.717) is 52.5 Å². The lowest BCUT2D eigenvalue weighted by atomic mass is 9.83. The van der Waals surface area contributed by atoms with Crippen LogP contribution in [0.3, 0.4) is 0 Å². The van der Waals surface area contributed by atoms with Crippen molar-refractivity contribution in [3.63, 3.8) is 0 Å². The number of carbonyl (C=O) groups excluding carboxylic acids is 2. The normalized spacial score (nSPS) is 13.1. The lowest BCUT2D eigenvalue weighted by Gasteiger charge is -2.20. The van der Waals surface area contributed by atoms with Crippen LogP contribution in [0.1, 0.15) is 76.3 Å². The molecule has 2 rings (SSSR count). The van der Waals surface area contributed by atoms with Crippen molar-refractivity contribution in [3.05, 3.63) is 71.8 Å². The Hall–Kier alpha value is -2.34. The van der Waals surface area contributed by atoms with E-state index in [2.05, 4.69) is 27.7 Å². The van der Waals surface area contributed by atoms with E-state index in [-0.39, 0.29) is 35.2 Å². The molecule has 0 spiro atoms. The quantitative estimate of drug-likeness (QED) is 0.188. The monoisotopic (exact) mass is 510 g/mol. The first-order valence-corrected chi connectivity index (χ1v) is 13.8. The molecule has 0 unspecified atom stereocenters. The third-order valence-electron chi connectivity index (χ3n) is 6.51. The Balaban J connectivity index is 1.46. The van der Waals surface area contributed by atoms with Crippen LogP contribution in [0.5, 0.6) is 0 Å². The number of ether oxygens (including phenoxy) is 3. The highest BCUT2D eigenvalue weighted by atomic mass is 16.5. The molecule has 0 radical (unpaired) electrons. The van der Waals surface area contributed by atoms with Crippen LogP contribution in [-0.4, -0.2) is 51.2 Å². The second-order valence-electron chi connectivity index (χ2n) is 10.2. The number of hydrogen-bond donors (Lipinski definition) is 0. The van der Waals surface area contributed by atoms with Gasteiger partial charge in [0.05, 0.1) is 26.4 Å². The lowest BCUT2D eigenvalue weighted by molar-refractivity contribution is -0.122. The Kier molecular flexibility index (Phi) is 15.0. The van der Waals surface area contributed by atoms with E-state index < -0.39 is 0 Å². The molecule has 0 aliphatic heterocycles. The third-order valence-corrected chi connectivity index (χ3v) is 6.51. The highest BCUT2D eigenvalue weighted by Gasteiger charge is 2.24. The largest absolute Gasteiger partial charge is 0.379 e. The number of benzene rings is 2. The van der Waals surface area contributed by atoms with Gasteiger partial charge in [0, 0.05) is 37.9 Å². The van der Waals surface area contributed by atoms with E-state index in [0.717, 1.165) is 24.0 Å². The smallest absolute Gasteiger partial charge is 0.140 e. The average Bonchev–Trinajstić information content (AvgIpc) is 2.88. The molecule has 0 saturated heterocycles. The fourth-order valence-electron chi connectivity index (χ4n) is 4.76. The summed E-state index contributed by atoms with van der Waals surface area (Å²) in [5.41, 5.74) is 2.19. The number of Topliss-reactive ketones (excluding diaryl/α,β-unsaturated/α-hetero) is 2. The standard InChI is InChI=1S/C32H46O5/c1-25(2)31(27-13-7-5-8-14-27)29(33)17-11-19-35-21-23-37-24-22-36-20-12-18-30(34)32(26(3)4)28-15-9-6-10-16-28/h5-10,13-16,25-26,31-32H,11-12,17-24H2,1-4H3/t31-,32+. The van der Waals surface area contributed by atoms with Gasteiger partial charge in [-0.1, -0.05) is 88.4 Å². The Labute approximate surface area is 223 Å². The Bertz CT molecular complexity index is 805. The molecule has 5 heteroatoms. The fraction of sp³-hybridized carbons (Fsp3) is 0.562. The summed E-state index contributed by atoms with van der Waals surface area (Å²) in [4.78, 5) is 25.4. The predicted octanol–water partition coefficient (Wildman–Crippen LogP) is 6.61. The molecule has 0 heterocycles. The molecule has 2 atom stereocenters. The second kappa shape index (κ2) is 18.0. The van der Waals surface area contributed by atoms with Gasteiger partial charge in [0.25, 0.3) is 0 Å². The molecule has 0 amide bonds. The van der Waals surface area contributed by atoms with E-state index >= 15 is 0 Å². The van der Waals surface area contributed by atoms with Crippen LogP contribution in [0.15, 0.2) is 60.7 Å². The zero-order valence-corrected chi connectivity index (χ0v) is 23.2. The Morgan fingerprint density at radius 1 is 0.541 bits per heavy atom. The van der Waals surface area contributed by atoms with Gasteiger partial charge in [0.1, 0.15) is 11.6 Å². The molecular formula is C32H46O5. The van der Waals surface area contributed by atoms with Crippen molar-refractivity contribution in [1.82, 2.24) is 0 Å². The molecular weight excluding hydrogens is 464 g/mol. The van der Waals surface area contributed by atoms with Crippen molar-refractivity contribution in [3.8, 4) is 0 Å². The SMILES string of the molecule is CC(C)[C@H](C(=O)CCCOCCOCCOCCCC(=O)[C@@H](c1ccccc1)C(C)C)c1ccccc1. The average molecular weight is 511 g/mol. The van der Waals surface area contributed by atoms with Crippen LogP contribution in [0, 0.1) is 11.8 Å². The van der Waals surface area contributed by atoms with E-state index in [4.69, 9.17) is 14.2 Å². The molecule has 0 saturated carbocycles. The topological polar surface area (TPSA) is 61.8 Å². The highest BCUT2D eigenvalue weighted by Crippen LogP contribution is 2.28. The maximum absolute atomic E-state index is 12.7. The van der Waals surface area contributed by atoms with Gasteiger partial charge in [0.15, 0.2) is 0 Å². The summed E-state index contributed by atoms with van der Waals surface area (Å²) in [5.74, 6) is 1.00. The summed E-state index contributed by atoms with van der Waals surface area (Å²) in [6.07, 6.45) is 2.49. The van der Waals surface area contributed by atoms with Crippen molar-refractivity contribution < 1.29 is 23.8 Å². The van der Waals surface area contributed by atoms with E-state index in [1.54, 1.807) is 0 Å². The number of rotatable bonds is 20. The summed E-state index contributed by atoms with van der Waals surface area (Å²) < 4.78 is 16.8. The van der Waals surface area contributed by atoms with Crippen LogP contribution in [0.4, 0.5) is 0 Å². The highest BCUT2D eigenvalue weighted by molar-refractivity contribution is 5.86. The molecule has 204 valence electrons. The third kappa shape index (κ3) is 11.7. The van der Waals surface area contributed by atoms with Crippen LogP contribution in [-0.2, 0) is 23.8 Å². The Morgan fingerprint density at radius 2 is 0.865 bits per heavy atom. The van der Waals surface area contributed by atoms with Gasteiger partial charge in [-0.15, -0.1) is 0 Å². The van der Waals surface area contributed by atoms with Crippen LogP contribution >= 0.6 is 0 Å². The fourth-order valence-corrected chi connectivity index (χ4v) is 4.76. The van der Waals surface area contributed by atoms with Crippen molar-refractivity contribution >= 4 is 11.6 Å². The zero-order chi connectivity index (χ0) is 26.9. The van der Waals surface area contributed by atoms with Gasteiger partial charge in [-0.2, -0.15) is 0 Å². The first kappa shape index (κ1) is 30.9. The van der Waals surface area contributed by atoms with E-state index in [1.165, 1.54) is 0 Å². The summed E-state index contributed by atoms with van der Waals surface area (Å²) in [6, 6.07) is 20.1. The summed E-state index contributed by atoms with van der Waals surface area (Å²) in [5, 5.41) is 0. The molecule has 0 aromatic heterocycles. The number of hydrogen-bond acceptors (Lipinski definition) is 5. The van der Waals surface area contributed by atoms with Gasteiger partial charge < -0.3 is 14.2 Å². The van der Waals surface area contributed by atoms with Gasteiger partial charge in [-0.3, -0.25) is 9.59 Å². The number of carbonyl (C=O) groups is 2. The zero-order valence-electron chi connectivity index (χ0n) is 23.2. The number of ketones is 2. The molecule has 5 nitrogen and oxygen atoms in total. The molecule has 2 aromatic rings. The minimum atomic E-state index is -0.0526. The molecule has 0 aliphatic rings. The molecule has 37 heavy (non-hydrogen) atoms. The molecule has 0 N–H and O–H groups in total. The second-order valence-corrected chi connectivity index (χ2v) is 10.2.